The van der Waals surface area contributed by atoms with Crippen LogP contribution >= 0.6 is 0 Å². The van der Waals surface area contributed by atoms with Crippen LogP contribution in [-0.4, -0.2) is 36.9 Å². The van der Waals surface area contributed by atoms with Crippen molar-refractivity contribution in [3.8, 4) is 0 Å². The first-order valence-corrected chi connectivity index (χ1v) is 8.67. The molecule has 4 heteroatoms. The summed E-state index contributed by atoms with van der Waals surface area (Å²) >= 11 is 0. The van der Waals surface area contributed by atoms with Gasteiger partial charge in [-0.05, 0) is 50.4 Å². The number of carbonyl (C=O) groups is 1. The molecule has 4 nitrogen and oxygen atoms in total. The summed E-state index contributed by atoms with van der Waals surface area (Å²) in [7, 11) is 1.64. The molecule has 0 spiro atoms. The zero-order valence-electron chi connectivity index (χ0n) is 14.4. The van der Waals surface area contributed by atoms with Crippen molar-refractivity contribution in [2.24, 2.45) is 11.8 Å². The molecule has 0 saturated heterocycles. The van der Waals surface area contributed by atoms with E-state index in [1.54, 1.807) is 7.11 Å². The van der Waals surface area contributed by atoms with Crippen LogP contribution in [0.5, 0.6) is 0 Å². The Morgan fingerprint density at radius 2 is 2.14 bits per heavy atom. The topological polar surface area (TPSA) is 58.6 Å². The minimum Gasteiger partial charge on any atom is -0.390 e. The summed E-state index contributed by atoms with van der Waals surface area (Å²) in [5.41, 5.74) is 0. The number of unbranched alkanes of at least 4 members (excludes halogenated alkanes) is 2. The number of hydrogen-bond acceptors (Lipinski definition) is 3. The van der Waals surface area contributed by atoms with E-state index in [9.17, 15) is 9.90 Å². The monoisotopic (exact) mass is 311 g/mol. The molecule has 128 valence electrons. The number of nitrogens with one attached hydrogen (secondary N) is 1. The van der Waals surface area contributed by atoms with Gasteiger partial charge in [0, 0.05) is 20.1 Å². The molecule has 22 heavy (non-hydrogen) atoms. The summed E-state index contributed by atoms with van der Waals surface area (Å²) in [4.78, 5) is 11.8. The van der Waals surface area contributed by atoms with Crippen LogP contribution in [0, 0.1) is 11.8 Å². The molecule has 1 aliphatic rings. The summed E-state index contributed by atoms with van der Waals surface area (Å²) in [6, 6.07) is 0. The SMILES string of the molecule is COC1CC(CNC(=O)CCCCC=CC(C)C)CCC1O. The van der Waals surface area contributed by atoms with E-state index in [2.05, 4.69) is 31.3 Å². The zero-order valence-corrected chi connectivity index (χ0v) is 14.4. The molecule has 0 aliphatic heterocycles. The lowest BCUT2D eigenvalue weighted by Gasteiger charge is -2.32. The van der Waals surface area contributed by atoms with Crippen LogP contribution in [0.3, 0.4) is 0 Å². The van der Waals surface area contributed by atoms with E-state index in [0.717, 1.165) is 38.5 Å². The number of aliphatic hydroxyl groups is 1. The average molecular weight is 311 g/mol. The van der Waals surface area contributed by atoms with E-state index in [1.165, 1.54) is 0 Å². The lowest BCUT2D eigenvalue weighted by atomic mass is 9.85. The second-order valence-electron chi connectivity index (χ2n) is 6.74. The van der Waals surface area contributed by atoms with Gasteiger partial charge in [0.1, 0.15) is 0 Å². The van der Waals surface area contributed by atoms with E-state index >= 15 is 0 Å². The molecule has 1 rings (SSSR count). The fourth-order valence-electron chi connectivity index (χ4n) is 2.90. The minimum absolute atomic E-state index is 0.0802. The number of rotatable bonds is 9. The molecular formula is C18H33NO3. The van der Waals surface area contributed by atoms with E-state index in [1.807, 2.05) is 0 Å². The lowest BCUT2D eigenvalue weighted by molar-refractivity contribution is -0.121. The Kier molecular flexibility index (Phi) is 9.41. The fraction of sp³-hybridized carbons (Fsp3) is 0.833. The Balaban J connectivity index is 2.08. The first kappa shape index (κ1) is 19.2. The van der Waals surface area contributed by atoms with Gasteiger partial charge in [0.25, 0.3) is 0 Å². The quantitative estimate of drug-likeness (QED) is 0.508. The number of allylic oxidation sites excluding steroid dienone is 2. The van der Waals surface area contributed by atoms with E-state index < -0.39 is 0 Å². The van der Waals surface area contributed by atoms with E-state index in [0.29, 0.717) is 24.8 Å². The summed E-state index contributed by atoms with van der Waals surface area (Å²) < 4.78 is 5.29. The predicted molar refractivity (Wildman–Crippen MR) is 89.6 cm³/mol. The van der Waals surface area contributed by atoms with Gasteiger partial charge in [0.2, 0.25) is 5.91 Å². The van der Waals surface area contributed by atoms with Crippen molar-refractivity contribution in [2.75, 3.05) is 13.7 Å². The zero-order chi connectivity index (χ0) is 16.4. The molecule has 0 aromatic carbocycles. The van der Waals surface area contributed by atoms with Gasteiger partial charge in [-0.2, -0.15) is 0 Å². The predicted octanol–water partition coefficient (Wildman–Crippen LogP) is 3.05. The van der Waals surface area contributed by atoms with Crippen LogP contribution in [0.15, 0.2) is 12.2 Å². The van der Waals surface area contributed by atoms with Gasteiger partial charge in [-0.15, -0.1) is 0 Å². The average Bonchev–Trinajstić information content (AvgIpc) is 2.49. The molecule has 0 aromatic heterocycles. The first-order chi connectivity index (χ1) is 10.5. The second kappa shape index (κ2) is 10.8. The molecule has 1 fully saturated rings. The first-order valence-electron chi connectivity index (χ1n) is 8.67. The third-order valence-corrected chi connectivity index (χ3v) is 4.30. The molecule has 2 N–H and O–H groups in total. The Morgan fingerprint density at radius 1 is 1.36 bits per heavy atom. The van der Waals surface area contributed by atoms with Crippen molar-refractivity contribution in [2.45, 2.75) is 71.0 Å². The van der Waals surface area contributed by atoms with Crippen LogP contribution in [0.25, 0.3) is 0 Å². The number of methoxy groups -OCH3 is 1. The number of carbonyl (C=O) groups excluding carboxylic acids is 1. The summed E-state index contributed by atoms with van der Waals surface area (Å²) in [5, 5.41) is 12.8. The molecule has 0 radical (unpaired) electrons. The van der Waals surface area contributed by atoms with Crippen molar-refractivity contribution in [3.05, 3.63) is 12.2 Å². The highest BCUT2D eigenvalue weighted by Crippen LogP contribution is 2.25. The number of hydrogen-bond donors (Lipinski definition) is 2. The lowest BCUT2D eigenvalue weighted by Crippen LogP contribution is -2.39. The highest BCUT2D eigenvalue weighted by molar-refractivity contribution is 5.75. The van der Waals surface area contributed by atoms with E-state index in [-0.39, 0.29) is 18.1 Å². The summed E-state index contributed by atoms with van der Waals surface area (Å²) in [6.45, 7) is 5.04. The molecule has 3 unspecified atom stereocenters. The van der Waals surface area contributed by atoms with Crippen molar-refractivity contribution in [1.82, 2.24) is 5.32 Å². The maximum Gasteiger partial charge on any atom is 0.220 e. The Labute approximate surface area is 135 Å². The molecule has 1 amide bonds. The molecule has 1 aliphatic carbocycles. The van der Waals surface area contributed by atoms with Gasteiger partial charge in [0.05, 0.1) is 12.2 Å². The molecule has 0 heterocycles. The second-order valence-corrected chi connectivity index (χ2v) is 6.74. The standard InChI is InChI=1S/C18H33NO3/c1-14(2)8-6-4-5-7-9-18(21)19-13-15-10-11-16(20)17(12-15)22-3/h6,8,14-17,20H,4-5,7,9-13H2,1-3H3,(H,19,21). The van der Waals surface area contributed by atoms with Crippen molar-refractivity contribution < 1.29 is 14.6 Å². The summed E-state index contributed by atoms with van der Waals surface area (Å²) in [5.74, 6) is 1.17. The van der Waals surface area contributed by atoms with Gasteiger partial charge in [-0.25, -0.2) is 0 Å². The van der Waals surface area contributed by atoms with Crippen molar-refractivity contribution >= 4 is 5.91 Å². The Morgan fingerprint density at radius 3 is 2.82 bits per heavy atom. The van der Waals surface area contributed by atoms with E-state index in [4.69, 9.17) is 4.74 Å². The van der Waals surface area contributed by atoms with Gasteiger partial charge < -0.3 is 15.2 Å². The third kappa shape index (κ3) is 7.95. The number of aliphatic hydroxyl groups excluding tert-OH is 1. The maximum absolute atomic E-state index is 11.8. The summed E-state index contributed by atoms with van der Waals surface area (Å²) in [6.07, 6.45) is 10.2. The van der Waals surface area contributed by atoms with Gasteiger partial charge in [-0.1, -0.05) is 26.0 Å². The maximum atomic E-state index is 11.8. The van der Waals surface area contributed by atoms with Crippen LogP contribution in [0.4, 0.5) is 0 Å². The normalized spacial score (nSPS) is 25.8. The van der Waals surface area contributed by atoms with Crippen LogP contribution in [-0.2, 0) is 9.53 Å². The van der Waals surface area contributed by atoms with Gasteiger partial charge in [0.15, 0.2) is 0 Å². The van der Waals surface area contributed by atoms with Crippen molar-refractivity contribution in [1.29, 1.82) is 0 Å². The Hall–Kier alpha value is -0.870. The molecular weight excluding hydrogens is 278 g/mol. The molecule has 0 aromatic rings. The highest BCUT2D eigenvalue weighted by Gasteiger charge is 2.29. The highest BCUT2D eigenvalue weighted by atomic mass is 16.5. The smallest absolute Gasteiger partial charge is 0.220 e. The van der Waals surface area contributed by atoms with Crippen LogP contribution in [0.1, 0.15) is 58.8 Å². The largest absolute Gasteiger partial charge is 0.390 e. The van der Waals surface area contributed by atoms with Crippen LogP contribution < -0.4 is 5.32 Å². The number of ether oxygens (including phenoxy) is 1. The van der Waals surface area contributed by atoms with Crippen LogP contribution in [0.2, 0.25) is 0 Å². The van der Waals surface area contributed by atoms with Gasteiger partial charge in [-0.3, -0.25) is 4.79 Å². The molecule has 3 atom stereocenters. The number of amides is 1. The molecule has 0 bridgehead atoms. The fourth-order valence-corrected chi connectivity index (χ4v) is 2.90. The van der Waals surface area contributed by atoms with Crippen molar-refractivity contribution in [3.63, 3.8) is 0 Å². The Bertz CT molecular complexity index is 341. The van der Waals surface area contributed by atoms with Gasteiger partial charge >= 0.3 is 0 Å². The minimum atomic E-state index is -0.351. The third-order valence-electron chi connectivity index (χ3n) is 4.30. The molecule has 1 saturated carbocycles.